The number of hydrogen-bond donors (Lipinski definition) is 0. The number of hydrogen-bond acceptors (Lipinski definition) is 5. The summed E-state index contributed by atoms with van der Waals surface area (Å²) in [4.78, 5) is 33.3. The van der Waals surface area contributed by atoms with Crippen molar-refractivity contribution in [2.75, 3.05) is 44.2 Å². The zero-order valence-electron chi connectivity index (χ0n) is 20.1. The SMILES string of the molecule is CCCOc1cccc(N2C(=O)C(c3ccc(C)c(C)c3)=C(N3CCN(CC)CC3)C2=O)c1. The topological polar surface area (TPSA) is 53.1 Å². The molecule has 0 radical (unpaired) electrons. The van der Waals surface area contributed by atoms with Crippen LogP contribution in [0.3, 0.4) is 0 Å². The number of rotatable bonds is 7. The highest BCUT2D eigenvalue weighted by atomic mass is 16.5. The van der Waals surface area contributed by atoms with Crippen LogP contribution in [0.15, 0.2) is 48.2 Å². The standard InChI is InChI=1S/C27H33N3O3/c1-5-16-33-23-9-7-8-22(18-23)30-26(31)24(21-11-10-19(3)20(4)17-21)25(27(30)32)29-14-12-28(6-2)13-15-29/h7-11,17-18H,5-6,12-16H2,1-4H3. The lowest BCUT2D eigenvalue weighted by Crippen LogP contribution is -2.47. The van der Waals surface area contributed by atoms with Gasteiger partial charge in [-0.15, -0.1) is 0 Å². The smallest absolute Gasteiger partial charge is 0.282 e. The number of likely N-dealkylation sites (N-methyl/N-ethyl adjacent to an activating group) is 1. The van der Waals surface area contributed by atoms with Crippen LogP contribution in [0.4, 0.5) is 5.69 Å². The highest BCUT2D eigenvalue weighted by Crippen LogP contribution is 2.36. The third-order valence-electron chi connectivity index (χ3n) is 6.54. The molecule has 0 atom stereocenters. The molecule has 6 nitrogen and oxygen atoms in total. The number of anilines is 1. The van der Waals surface area contributed by atoms with E-state index in [9.17, 15) is 9.59 Å². The minimum atomic E-state index is -0.274. The molecule has 1 saturated heterocycles. The molecule has 0 N–H and O–H groups in total. The molecule has 6 heteroatoms. The number of ether oxygens (including phenoxy) is 1. The quantitative estimate of drug-likeness (QED) is 0.600. The minimum Gasteiger partial charge on any atom is -0.494 e. The summed E-state index contributed by atoms with van der Waals surface area (Å²) >= 11 is 0. The van der Waals surface area contributed by atoms with Crippen LogP contribution < -0.4 is 9.64 Å². The molecule has 33 heavy (non-hydrogen) atoms. The van der Waals surface area contributed by atoms with Crippen LogP contribution in [0.25, 0.3) is 5.57 Å². The van der Waals surface area contributed by atoms with Crippen LogP contribution in [-0.4, -0.2) is 60.9 Å². The fourth-order valence-electron chi connectivity index (χ4n) is 4.42. The molecule has 2 aliphatic heterocycles. The fraction of sp³-hybridized carbons (Fsp3) is 0.407. The largest absolute Gasteiger partial charge is 0.494 e. The first-order valence-electron chi connectivity index (χ1n) is 11.9. The number of aryl methyl sites for hydroxylation is 2. The van der Waals surface area contributed by atoms with E-state index in [1.54, 1.807) is 12.1 Å². The van der Waals surface area contributed by atoms with Crippen LogP contribution in [0.5, 0.6) is 5.75 Å². The number of nitrogens with zero attached hydrogens (tertiary/aromatic N) is 3. The third kappa shape index (κ3) is 4.53. The second-order valence-corrected chi connectivity index (χ2v) is 8.74. The van der Waals surface area contributed by atoms with Crippen molar-refractivity contribution in [3.63, 3.8) is 0 Å². The maximum absolute atomic E-state index is 13.8. The van der Waals surface area contributed by atoms with Crippen LogP contribution in [0, 0.1) is 13.8 Å². The Labute approximate surface area is 196 Å². The van der Waals surface area contributed by atoms with Crippen molar-refractivity contribution in [2.24, 2.45) is 0 Å². The van der Waals surface area contributed by atoms with Crippen molar-refractivity contribution in [1.29, 1.82) is 0 Å². The van der Waals surface area contributed by atoms with Gasteiger partial charge in [0.25, 0.3) is 11.8 Å². The number of benzene rings is 2. The van der Waals surface area contributed by atoms with E-state index in [1.807, 2.05) is 51.1 Å². The molecule has 2 aromatic carbocycles. The third-order valence-corrected chi connectivity index (χ3v) is 6.54. The van der Waals surface area contributed by atoms with Gasteiger partial charge in [0.2, 0.25) is 0 Å². The number of imide groups is 1. The summed E-state index contributed by atoms with van der Waals surface area (Å²) in [6, 6.07) is 13.2. The van der Waals surface area contributed by atoms with Crippen molar-refractivity contribution < 1.29 is 14.3 Å². The van der Waals surface area contributed by atoms with E-state index in [-0.39, 0.29) is 11.8 Å². The van der Waals surface area contributed by atoms with Crippen LogP contribution >= 0.6 is 0 Å². The Hall–Kier alpha value is -3.12. The lowest BCUT2D eigenvalue weighted by atomic mass is 9.99. The fourth-order valence-corrected chi connectivity index (χ4v) is 4.42. The summed E-state index contributed by atoms with van der Waals surface area (Å²) in [6.07, 6.45) is 0.887. The van der Waals surface area contributed by atoms with Crippen LogP contribution in [0.1, 0.15) is 37.0 Å². The molecule has 2 heterocycles. The van der Waals surface area contributed by atoms with E-state index < -0.39 is 0 Å². The van der Waals surface area contributed by atoms with Gasteiger partial charge in [-0.2, -0.15) is 0 Å². The van der Waals surface area contributed by atoms with Gasteiger partial charge in [-0.05, 0) is 55.6 Å². The molecule has 0 spiro atoms. The van der Waals surface area contributed by atoms with Gasteiger partial charge in [0.1, 0.15) is 11.4 Å². The van der Waals surface area contributed by atoms with E-state index in [0.29, 0.717) is 29.3 Å². The van der Waals surface area contributed by atoms with Crippen molar-refractivity contribution in [3.05, 3.63) is 64.9 Å². The average Bonchev–Trinajstić information content (AvgIpc) is 3.09. The molecule has 0 unspecified atom stereocenters. The number of carbonyl (C=O) groups is 2. The van der Waals surface area contributed by atoms with Gasteiger partial charge >= 0.3 is 0 Å². The first-order valence-corrected chi connectivity index (χ1v) is 11.9. The molecule has 0 saturated carbocycles. The zero-order valence-corrected chi connectivity index (χ0v) is 20.1. The van der Waals surface area contributed by atoms with Crippen molar-refractivity contribution in [1.82, 2.24) is 9.80 Å². The van der Waals surface area contributed by atoms with E-state index in [2.05, 4.69) is 16.7 Å². The van der Waals surface area contributed by atoms with Gasteiger partial charge in [-0.25, -0.2) is 4.90 Å². The van der Waals surface area contributed by atoms with Gasteiger partial charge < -0.3 is 14.5 Å². The Kier molecular flexibility index (Phi) is 6.84. The van der Waals surface area contributed by atoms with Gasteiger partial charge in [0, 0.05) is 32.2 Å². The van der Waals surface area contributed by atoms with Gasteiger partial charge in [0.05, 0.1) is 17.9 Å². The number of carbonyl (C=O) groups excluding carboxylic acids is 2. The lowest BCUT2D eigenvalue weighted by Gasteiger charge is -2.36. The number of piperazine rings is 1. The molecule has 0 aromatic heterocycles. The predicted octanol–water partition coefficient (Wildman–Crippen LogP) is 4.01. The second kappa shape index (κ2) is 9.79. The highest BCUT2D eigenvalue weighted by molar-refractivity contribution is 6.45. The number of amides is 2. The summed E-state index contributed by atoms with van der Waals surface area (Å²) in [5, 5.41) is 0. The normalized spacial score (nSPS) is 17.3. The van der Waals surface area contributed by atoms with Gasteiger partial charge in [-0.3, -0.25) is 9.59 Å². The minimum absolute atomic E-state index is 0.259. The predicted molar refractivity (Wildman–Crippen MR) is 131 cm³/mol. The summed E-state index contributed by atoms with van der Waals surface area (Å²) in [5.74, 6) is 0.127. The van der Waals surface area contributed by atoms with Crippen molar-refractivity contribution >= 4 is 23.1 Å². The van der Waals surface area contributed by atoms with E-state index >= 15 is 0 Å². The Balaban J connectivity index is 1.75. The Morgan fingerprint density at radius 1 is 0.879 bits per heavy atom. The maximum atomic E-state index is 13.8. The second-order valence-electron chi connectivity index (χ2n) is 8.74. The highest BCUT2D eigenvalue weighted by Gasteiger charge is 2.43. The molecule has 174 valence electrons. The molecule has 4 rings (SSSR count). The van der Waals surface area contributed by atoms with E-state index in [0.717, 1.165) is 55.8 Å². The molecular weight excluding hydrogens is 414 g/mol. The Morgan fingerprint density at radius 3 is 2.30 bits per heavy atom. The molecule has 0 aliphatic carbocycles. The molecule has 2 amide bonds. The molecule has 1 fully saturated rings. The van der Waals surface area contributed by atoms with E-state index in [4.69, 9.17) is 4.74 Å². The lowest BCUT2D eigenvalue weighted by molar-refractivity contribution is -0.120. The summed E-state index contributed by atoms with van der Waals surface area (Å²) < 4.78 is 5.75. The van der Waals surface area contributed by atoms with Gasteiger partial charge in [0.15, 0.2) is 0 Å². The van der Waals surface area contributed by atoms with E-state index in [1.165, 1.54) is 4.90 Å². The molecule has 0 bridgehead atoms. The summed E-state index contributed by atoms with van der Waals surface area (Å²) in [7, 11) is 0. The maximum Gasteiger partial charge on any atom is 0.282 e. The van der Waals surface area contributed by atoms with Crippen molar-refractivity contribution in [3.8, 4) is 5.75 Å². The Morgan fingerprint density at radius 2 is 1.64 bits per heavy atom. The molecular formula is C27H33N3O3. The zero-order chi connectivity index (χ0) is 23.5. The van der Waals surface area contributed by atoms with Crippen LogP contribution in [0.2, 0.25) is 0 Å². The first-order chi connectivity index (χ1) is 15.9. The summed E-state index contributed by atoms with van der Waals surface area (Å²) in [6.45, 7) is 13.1. The van der Waals surface area contributed by atoms with Gasteiger partial charge in [-0.1, -0.05) is 38.1 Å². The summed E-state index contributed by atoms with van der Waals surface area (Å²) in [5.41, 5.74) is 4.61. The molecule has 2 aromatic rings. The van der Waals surface area contributed by atoms with Crippen LogP contribution in [-0.2, 0) is 9.59 Å². The first kappa shape index (κ1) is 23.1. The van der Waals surface area contributed by atoms with Crippen molar-refractivity contribution in [2.45, 2.75) is 34.1 Å². The monoisotopic (exact) mass is 447 g/mol. The average molecular weight is 448 g/mol. The Bertz CT molecular complexity index is 1080. The molecule has 2 aliphatic rings.